The number of phenols is 1. The fourth-order valence-electron chi connectivity index (χ4n) is 7.22. The van der Waals surface area contributed by atoms with E-state index in [0.717, 1.165) is 77.5 Å². The van der Waals surface area contributed by atoms with E-state index in [4.69, 9.17) is 4.74 Å². The average molecular weight is 716 g/mol. The SMILES string of the molecule is CN[C@H]1CC[C@H](OC(=O)Nc2cc(CCCn3nnc4cc(CNC[C@H](O)c5ccc(O)c6[nH]c(=O)ccc56)ccc43)ccc2-c2ccccc2)CC1. The van der Waals surface area contributed by atoms with E-state index in [-0.39, 0.29) is 24.0 Å². The van der Waals surface area contributed by atoms with Gasteiger partial charge in [-0.3, -0.25) is 10.1 Å². The summed E-state index contributed by atoms with van der Waals surface area (Å²) in [7, 11) is 1.98. The van der Waals surface area contributed by atoms with Gasteiger partial charge in [-0.25, -0.2) is 9.48 Å². The van der Waals surface area contributed by atoms with Crippen LogP contribution in [0.15, 0.2) is 95.8 Å². The van der Waals surface area contributed by atoms with Crippen LogP contribution in [0.1, 0.15) is 54.9 Å². The number of hydrogen-bond acceptors (Lipinski definition) is 9. The van der Waals surface area contributed by atoms with Gasteiger partial charge in [0.25, 0.3) is 0 Å². The van der Waals surface area contributed by atoms with Crippen LogP contribution >= 0.6 is 0 Å². The summed E-state index contributed by atoms with van der Waals surface area (Å²) in [6, 6.07) is 28.9. The van der Waals surface area contributed by atoms with Crippen LogP contribution in [-0.2, 0) is 24.2 Å². The number of carbonyl (C=O) groups excluding carboxylic acids is 1. The van der Waals surface area contributed by atoms with E-state index >= 15 is 0 Å². The predicted molar refractivity (Wildman–Crippen MR) is 206 cm³/mol. The maximum absolute atomic E-state index is 13.1. The number of benzene rings is 4. The highest BCUT2D eigenvalue weighted by Gasteiger charge is 2.23. The average Bonchev–Trinajstić information content (AvgIpc) is 3.58. The van der Waals surface area contributed by atoms with Gasteiger partial charge >= 0.3 is 6.09 Å². The van der Waals surface area contributed by atoms with Gasteiger partial charge in [0.15, 0.2) is 0 Å². The summed E-state index contributed by atoms with van der Waals surface area (Å²) in [5.74, 6) is -0.0427. The number of aliphatic hydroxyl groups is 1. The highest BCUT2D eigenvalue weighted by atomic mass is 16.6. The van der Waals surface area contributed by atoms with Crippen LogP contribution in [0.25, 0.3) is 33.1 Å². The summed E-state index contributed by atoms with van der Waals surface area (Å²) >= 11 is 0. The van der Waals surface area contributed by atoms with Gasteiger partial charge in [-0.2, -0.15) is 0 Å². The molecular weight excluding hydrogens is 670 g/mol. The molecule has 6 aromatic rings. The first-order chi connectivity index (χ1) is 25.8. The quantitative estimate of drug-likeness (QED) is 0.0819. The molecule has 12 heteroatoms. The minimum atomic E-state index is -0.850. The standard InChI is InChI=1S/C41H45N7O5/c1-42-29-11-13-30(14-12-29)53-41(52)44-34-22-26(9-15-31(34)28-7-3-2-4-8-28)6-5-21-48-36-18-10-27(23-35(36)46-47-48)24-43-25-38(50)32-16-19-37(49)40-33(32)17-20-39(51)45-40/h2-4,7-10,15-20,22-23,29-30,38,42-43,49-50H,5-6,11-14,21,24-25H2,1H3,(H,44,52)(H,45,51)/t29-,30-,38-/m0/s1. The number of fused-ring (bicyclic) bond motifs is 2. The largest absolute Gasteiger partial charge is 0.506 e. The highest BCUT2D eigenvalue weighted by molar-refractivity contribution is 5.92. The van der Waals surface area contributed by atoms with Crippen LogP contribution in [0.3, 0.4) is 0 Å². The lowest BCUT2D eigenvalue weighted by Gasteiger charge is -2.28. The van der Waals surface area contributed by atoms with Crippen molar-refractivity contribution in [3.05, 3.63) is 118 Å². The van der Waals surface area contributed by atoms with Gasteiger partial charge in [0.2, 0.25) is 5.56 Å². The number of anilines is 1. The van der Waals surface area contributed by atoms with Gasteiger partial charge in [-0.05, 0) is 98.2 Å². The molecule has 53 heavy (non-hydrogen) atoms. The molecule has 1 aliphatic rings. The second-order valence-corrected chi connectivity index (χ2v) is 13.7. The van der Waals surface area contributed by atoms with E-state index in [9.17, 15) is 19.8 Å². The number of ether oxygens (including phenoxy) is 1. The maximum Gasteiger partial charge on any atom is 0.411 e. The molecule has 1 fully saturated rings. The Balaban J connectivity index is 0.951. The zero-order chi connectivity index (χ0) is 36.7. The first-order valence-corrected chi connectivity index (χ1v) is 18.2. The number of hydrogen-bond donors (Lipinski definition) is 6. The monoisotopic (exact) mass is 715 g/mol. The number of carbonyl (C=O) groups is 1. The highest BCUT2D eigenvalue weighted by Crippen LogP contribution is 2.31. The molecule has 0 bridgehead atoms. The van der Waals surface area contributed by atoms with E-state index in [1.807, 2.05) is 66.3 Å². The number of aromatic hydroxyl groups is 1. The molecule has 7 rings (SSSR count). The van der Waals surface area contributed by atoms with Crippen LogP contribution < -0.4 is 21.5 Å². The summed E-state index contributed by atoms with van der Waals surface area (Å²) < 4.78 is 7.75. The number of nitrogens with one attached hydrogen (secondary N) is 4. The van der Waals surface area contributed by atoms with E-state index in [0.29, 0.717) is 35.6 Å². The Morgan fingerprint density at radius 3 is 2.60 bits per heavy atom. The third kappa shape index (κ3) is 8.57. The fourth-order valence-corrected chi connectivity index (χ4v) is 7.22. The minimum Gasteiger partial charge on any atom is -0.506 e. The number of amides is 1. The molecule has 1 aliphatic carbocycles. The van der Waals surface area contributed by atoms with Crippen molar-refractivity contribution in [2.24, 2.45) is 0 Å². The topological polar surface area (TPSA) is 166 Å². The van der Waals surface area contributed by atoms with Crippen LogP contribution in [0.5, 0.6) is 5.75 Å². The first-order valence-electron chi connectivity index (χ1n) is 18.2. The lowest BCUT2D eigenvalue weighted by Crippen LogP contribution is -2.34. The molecule has 0 saturated heterocycles. The number of nitrogens with zero attached hydrogens (tertiary/aromatic N) is 3. The molecule has 2 aromatic heterocycles. The molecule has 274 valence electrons. The van der Waals surface area contributed by atoms with Crippen molar-refractivity contribution in [1.82, 2.24) is 30.6 Å². The maximum atomic E-state index is 13.1. The zero-order valence-corrected chi connectivity index (χ0v) is 29.7. The van der Waals surface area contributed by atoms with E-state index < -0.39 is 12.2 Å². The summed E-state index contributed by atoms with van der Waals surface area (Å²) in [5.41, 5.74) is 7.12. The summed E-state index contributed by atoms with van der Waals surface area (Å²) in [6.07, 6.45) is 3.97. The number of pyridine rings is 1. The Morgan fingerprint density at radius 2 is 1.79 bits per heavy atom. The smallest absolute Gasteiger partial charge is 0.411 e. The van der Waals surface area contributed by atoms with Crippen molar-refractivity contribution in [3.63, 3.8) is 0 Å². The first kappa shape index (κ1) is 35.8. The van der Waals surface area contributed by atoms with Crippen LogP contribution in [0, 0.1) is 0 Å². The molecule has 4 aromatic carbocycles. The Labute approximate surface area is 307 Å². The molecule has 0 radical (unpaired) electrons. The van der Waals surface area contributed by atoms with Crippen molar-refractivity contribution >= 4 is 33.7 Å². The lowest BCUT2D eigenvalue weighted by atomic mass is 9.93. The lowest BCUT2D eigenvalue weighted by molar-refractivity contribution is 0.0800. The molecular formula is C41H45N7O5. The third-order valence-corrected chi connectivity index (χ3v) is 10.1. The van der Waals surface area contributed by atoms with E-state index in [2.05, 4.69) is 43.4 Å². The molecule has 0 aliphatic heterocycles. The van der Waals surface area contributed by atoms with Gasteiger partial charge in [0.05, 0.1) is 22.8 Å². The molecule has 0 spiro atoms. The molecule has 1 atom stereocenters. The fraction of sp³-hybridized carbons (Fsp3) is 0.317. The van der Waals surface area contributed by atoms with Crippen molar-refractivity contribution in [3.8, 4) is 16.9 Å². The third-order valence-electron chi connectivity index (χ3n) is 10.1. The molecule has 0 unspecified atom stereocenters. The van der Waals surface area contributed by atoms with Crippen LogP contribution in [0.2, 0.25) is 0 Å². The van der Waals surface area contributed by atoms with Crippen molar-refractivity contribution in [1.29, 1.82) is 0 Å². The zero-order valence-electron chi connectivity index (χ0n) is 29.7. The van der Waals surface area contributed by atoms with Crippen molar-refractivity contribution < 1.29 is 19.7 Å². The minimum absolute atomic E-state index is 0.0427. The summed E-state index contributed by atoms with van der Waals surface area (Å²) in [4.78, 5) is 27.4. The number of aryl methyl sites for hydroxylation is 2. The number of aromatic amines is 1. The summed E-state index contributed by atoms with van der Waals surface area (Å²) in [6.45, 7) is 1.45. The molecule has 1 saturated carbocycles. The molecule has 1 amide bonds. The van der Waals surface area contributed by atoms with E-state index in [1.165, 1.54) is 12.1 Å². The number of phenolic OH excluding ortho intramolecular Hbond substituents is 1. The van der Waals surface area contributed by atoms with Crippen LogP contribution in [-0.4, -0.2) is 62.0 Å². The Morgan fingerprint density at radius 1 is 0.981 bits per heavy atom. The van der Waals surface area contributed by atoms with Crippen molar-refractivity contribution in [2.75, 3.05) is 18.9 Å². The van der Waals surface area contributed by atoms with Gasteiger partial charge in [0, 0.05) is 42.7 Å². The second kappa shape index (κ2) is 16.4. The van der Waals surface area contributed by atoms with E-state index in [1.54, 1.807) is 12.1 Å². The Kier molecular flexibility index (Phi) is 11.1. The second-order valence-electron chi connectivity index (χ2n) is 13.7. The van der Waals surface area contributed by atoms with Crippen molar-refractivity contribution in [2.45, 2.75) is 69.9 Å². The van der Waals surface area contributed by atoms with Gasteiger partial charge in [-0.1, -0.05) is 59.8 Å². The van der Waals surface area contributed by atoms with Gasteiger partial charge in [0.1, 0.15) is 17.4 Å². The number of aliphatic hydroxyl groups excluding tert-OH is 1. The predicted octanol–water partition coefficient (Wildman–Crippen LogP) is 6.18. The van der Waals surface area contributed by atoms with Crippen LogP contribution in [0.4, 0.5) is 10.5 Å². The number of H-pyrrole nitrogens is 1. The Bertz CT molecular complexity index is 2250. The van der Waals surface area contributed by atoms with Gasteiger partial charge in [-0.15, -0.1) is 5.10 Å². The summed E-state index contributed by atoms with van der Waals surface area (Å²) in [5, 5.41) is 40.1. The van der Waals surface area contributed by atoms with Gasteiger partial charge < -0.3 is 30.6 Å². The molecule has 2 heterocycles. The molecule has 6 N–H and O–H groups in total. The molecule has 12 nitrogen and oxygen atoms in total. The Hall–Kier alpha value is -5.56. The normalized spacial score (nSPS) is 16.5. The number of aromatic nitrogens is 4. The number of rotatable bonds is 13.